The highest BCUT2D eigenvalue weighted by atomic mass is 32.2. The van der Waals surface area contributed by atoms with Gasteiger partial charge in [0.2, 0.25) is 10.0 Å². The van der Waals surface area contributed by atoms with E-state index in [4.69, 9.17) is 11.6 Å². The summed E-state index contributed by atoms with van der Waals surface area (Å²) >= 11 is 0. The Kier molecular flexibility index (Phi) is 3.13. The molecule has 1 unspecified atom stereocenters. The molecule has 1 heterocycles. The molecule has 14 heavy (non-hydrogen) atoms. The van der Waals surface area contributed by atoms with Gasteiger partial charge in [0.15, 0.2) is 0 Å². The van der Waals surface area contributed by atoms with Gasteiger partial charge in [-0.05, 0) is 18.8 Å². The molecule has 0 aromatic carbocycles. The fourth-order valence-electron chi connectivity index (χ4n) is 1.48. The molecule has 1 fully saturated rings. The minimum Gasteiger partial charge on any atom is -0.331 e. The number of sulfonamides is 1. The van der Waals surface area contributed by atoms with Gasteiger partial charge >= 0.3 is 0 Å². The smallest absolute Gasteiger partial charge is 0.298 e. The summed E-state index contributed by atoms with van der Waals surface area (Å²) in [7, 11) is -3.56. The van der Waals surface area contributed by atoms with Crippen molar-refractivity contribution in [3.63, 3.8) is 0 Å². The second kappa shape index (κ2) is 3.98. The zero-order valence-corrected chi connectivity index (χ0v) is 8.46. The zero-order valence-electron chi connectivity index (χ0n) is 7.64. The fraction of sp³-hybridized carbons (Fsp3) is 0.625. The van der Waals surface area contributed by atoms with Crippen LogP contribution in [0.1, 0.15) is 12.8 Å². The van der Waals surface area contributed by atoms with Crippen molar-refractivity contribution in [1.82, 2.24) is 4.90 Å². The summed E-state index contributed by atoms with van der Waals surface area (Å²) in [5.41, 5.74) is 0. The lowest BCUT2D eigenvalue weighted by atomic mass is 10.1. The van der Waals surface area contributed by atoms with Crippen molar-refractivity contribution >= 4 is 15.9 Å². The van der Waals surface area contributed by atoms with Crippen LogP contribution in [0, 0.1) is 12.3 Å². The number of rotatable bonds is 1. The largest absolute Gasteiger partial charge is 0.331 e. The Hall–Kier alpha value is -1.06. The maximum absolute atomic E-state index is 11.1. The van der Waals surface area contributed by atoms with Crippen LogP contribution >= 0.6 is 0 Å². The number of primary sulfonamides is 1. The molecular formula is C8H12N2O3S. The summed E-state index contributed by atoms with van der Waals surface area (Å²) in [6.07, 6.45) is 6.05. The van der Waals surface area contributed by atoms with E-state index in [1.54, 1.807) is 0 Å². The van der Waals surface area contributed by atoms with Gasteiger partial charge in [0.05, 0.1) is 5.25 Å². The molecule has 1 aliphatic rings. The van der Waals surface area contributed by atoms with Crippen LogP contribution < -0.4 is 5.14 Å². The number of nitrogens with zero attached hydrogens (tertiary/aromatic N) is 1. The highest BCUT2D eigenvalue weighted by Crippen LogP contribution is 2.14. The van der Waals surface area contributed by atoms with E-state index in [0.717, 1.165) is 0 Å². The van der Waals surface area contributed by atoms with Gasteiger partial charge in [-0.25, -0.2) is 13.6 Å². The Labute approximate surface area is 83.3 Å². The van der Waals surface area contributed by atoms with E-state index >= 15 is 0 Å². The van der Waals surface area contributed by atoms with Gasteiger partial charge in [-0.15, -0.1) is 6.42 Å². The van der Waals surface area contributed by atoms with Gasteiger partial charge in [-0.1, -0.05) is 0 Å². The van der Waals surface area contributed by atoms with E-state index < -0.39 is 21.2 Å². The first kappa shape index (κ1) is 11.0. The van der Waals surface area contributed by atoms with E-state index in [2.05, 4.69) is 0 Å². The van der Waals surface area contributed by atoms with Crippen LogP contribution in [0.15, 0.2) is 0 Å². The predicted octanol–water partition coefficient (Wildman–Crippen LogP) is -1.10. The second-order valence-corrected chi connectivity index (χ2v) is 5.09. The molecule has 1 aliphatic heterocycles. The third-order valence-corrected chi connectivity index (χ3v) is 3.57. The molecule has 0 bridgehead atoms. The number of likely N-dealkylation sites (tertiary alicyclic amines) is 1. The minimum absolute atomic E-state index is 0.113. The highest BCUT2D eigenvalue weighted by Gasteiger charge is 2.29. The van der Waals surface area contributed by atoms with Crippen molar-refractivity contribution < 1.29 is 13.2 Å². The van der Waals surface area contributed by atoms with Crippen LogP contribution in [0.3, 0.4) is 0 Å². The molecule has 5 nitrogen and oxygen atoms in total. The number of terminal acetylenes is 1. The molecule has 6 heteroatoms. The monoisotopic (exact) mass is 216 g/mol. The van der Waals surface area contributed by atoms with E-state index in [-0.39, 0.29) is 6.54 Å². The third kappa shape index (κ3) is 2.47. The Morgan fingerprint density at radius 3 is 2.71 bits per heavy atom. The molecule has 0 aliphatic carbocycles. The first-order chi connectivity index (χ1) is 6.45. The van der Waals surface area contributed by atoms with Crippen LogP contribution in [0.25, 0.3) is 0 Å². The summed E-state index contributed by atoms with van der Waals surface area (Å²) < 4.78 is 22.1. The quantitative estimate of drug-likeness (QED) is 0.565. The molecule has 1 atom stereocenters. The molecule has 1 amide bonds. The van der Waals surface area contributed by atoms with Crippen molar-refractivity contribution in [2.24, 2.45) is 5.14 Å². The van der Waals surface area contributed by atoms with Crippen molar-refractivity contribution in [2.75, 3.05) is 13.1 Å². The van der Waals surface area contributed by atoms with Crippen molar-refractivity contribution in [1.29, 1.82) is 0 Å². The number of amides is 1. The molecular weight excluding hydrogens is 204 g/mol. The van der Waals surface area contributed by atoms with Gasteiger partial charge in [0, 0.05) is 13.1 Å². The lowest BCUT2D eigenvalue weighted by Gasteiger charge is -2.29. The van der Waals surface area contributed by atoms with Crippen LogP contribution in [-0.4, -0.2) is 37.6 Å². The van der Waals surface area contributed by atoms with Crippen LogP contribution in [-0.2, 0) is 14.8 Å². The van der Waals surface area contributed by atoms with Crippen LogP contribution in [0.5, 0.6) is 0 Å². The molecule has 0 aromatic heterocycles. The fourth-order valence-corrected chi connectivity index (χ4v) is 2.37. The lowest BCUT2D eigenvalue weighted by Crippen LogP contribution is -2.46. The van der Waals surface area contributed by atoms with Gasteiger partial charge < -0.3 is 4.90 Å². The summed E-state index contributed by atoms with van der Waals surface area (Å²) in [5.74, 6) is 1.48. The van der Waals surface area contributed by atoms with Crippen molar-refractivity contribution in [3.8, 4) is 12.3 Å². The van der Waals surface area contributed by atoms with Gasteiger partial charge in [-0.3, -0.25) is 4.79 Å². The number of carbonyl (C=O) groups is 1. The number of piperidine rings is 1. The SMILES string of the molecule is C#CC(=O)N1CCCC(S(N)(=O)=O)C1. The van der Waals surface area contributed by atoms with E-state index in [9.17, 15) is 13.2 Å². The van der Waals surface area contributed by atoms with Crippen molar-refractivity contribution in [3.05, 3.63) is 0 Å². The van der Waals surface area contributed by atoms with Crippen LogP contribution in [0.2, 0.25) is 0 Å². The molecule has 78 valence electrons. The number of carbonyl (C=O) groups excluding carboxylic acids is 1. The van der Waals surface area contributed by atoms with Crippen molar-refractivity contribution in [2.45, 2.75) is 18.1 Å². The lowest BCUT2D eigenvalue weighted by molar-refractivity contribution is -0.125. The van der Waals surface area contributed by atoms with E-state index in [0.29, 0.717) is 19.4 Å². The van der Waals surface area contributed by atoms with Crippen LogP contribution in [0.4, 0.5) is 0 Å². The topological polar surface area (TPSA) is 80.5 Å². The predicted molar refractivity (Wildman–Crippen MR) is 51.5 cm³/mol. The molecule has 0 aromatic rings. The second-order valence-electron chi connectivity index (χ2n) is 3.25. The first-order valence-electron chi connectivity index (χ1n) is 4.22. The molecule has 0 radical (unpaired) electrons. The Morgan fingerprint density at radius 1 is 1.57 bits per heavy atom. The molecule has 2 N–H and O–H groups in total. The first-order valence-corrected chi connectivity index (χ1v) is 5.83. The average molecular weight is 216 g/mol. The zero-order chi connectivity index (χ0) is 10.8. The molecule has 0 saturated carbocycles. The van der Waals surface area contributed by atoms with Gasteiger partial charge in [0.1, 0.15) is 0 Å². The average Bonchev–Trinajstić information content (AvgIpc) is 2.15. The highest BCUT2D eigenvalue weighted by molar-refractivity contribution is 7.89. The van der Waals surface area contributed by atoms with Gasteiger partial charge in [-0.2, -0.15) is 0 Å². The Bertz CT molecular complexity index is 369. The number of nitrogens with two attached hydrogens (primary N) is 1. The molecule has 1 saturated heterocycles. The van der Waals surface area contributed by atoms with E-state index in [1.807, 2.05) is 5.92 Å². The number of hydrogen-bond donors (Lipinski definition) is 1. The molecule has 0 spiro atoms. The minimum atomic E-state index is -3.56. The van der Waals surface area contributed by atoms with Gasteiger partial charge in [0.25, 0.3) is 5.91 Å². The summed E-state index contributed by atoms with van der Waals surface area (Å²) in [4.78, 5) is 12.4. The maximum Gasteiger partial charge on any atom is 0.298 e. The normalized spacial score (nSPS) is 22.9. The standard InChI is InChI=1S/C8H12N2O3S/c1-2-8(11)10-5-3-4-7(6-10)14(9,12)13/h1,7H,3-6H2,(H2,9,12,13). The number of hydrogen-bond acceptors (Lipinski definition) is 3. The molecule has 1 rings (SSSR count). The summed E-state index contributed by atoms with van der Waals surface area (Å²) in [5, 5.41) is 4.32. The summed E-state index contributed by atoms with van der Waals surface area (Å²) in [6.45, 7) is 0.622. The van der Waals surface area contributed by atoms with E-state index in [1.165, 1.54) is 4.90 Å². The summed E-state index contributed by atoms with van der Waals surface area (Å²) in [6, 6.07) is 0. The third-order valence-electron chi connectivity index (χ3n) is 2.25. The Balaban J connectivity index is 2.71. The maximum atomic E-state index is 11.1. The Morgan fingerprint density at radius 2 is 2.21 bits per heavy atom.